The Hall–Kier alpha value is -4.77. The number of rotatable bonds is 5. The molecule has 0 aliphatic rings. The van der Waals surface area contributed by atoms with Gasteiger partial charge in [-0.25, -0.2) is 15.0 Å². The minimum atomic E-state index is 0.372. The smallest absolute Gasteiger partial charge is 0.156 e. The molecule has 34 heavy (non-hydrogen) atoms. The maximum Gasteiger partial charge on any atom is 0.156 e. The van der Waals surface area contributed by atoms with Crippen LogP contribution >= 0.6 is 0 Å². The van der Waals surface area contributed by atoms with Crippen LogP contribution in [0.25, 0.3) is 28.0 Å². The molecule has 0 amide bonds. The van der Waals surface area contributed by atoms with Crippen LogP contribution in [0.3, 0.4) is 0 Å². The van der Waals surface area contributed by atoms with Crippen LogP contribution in [0.5, 0.6) is 5.75 Å². The van der Waals surface area contributed by atoms with Gasteiger partial charge in [0.15, 0.2) is 11.6 Å². The molecule has 0 saturated heterocycles. The fraction of sp³-hybridized carbons (Fsp3) is 0.115. The summed E-state index contributed by atoms with van der Waals surface area (Å²) in [5.41, 5.74) is 3.87. The number of hydrogen-bond acceptors (Lipinski definition) is 7. The third-order valence-electron chi connectivity index (χ3n) is 5.48. The third-order valence-corrected chi connectivity index (χ3v) is 5.48. The zero-order valence-electron chi connectivity index (χ0n) is 18.9. The molecule has 0 fully saturated rings. The number of nitrogens with zero attached hydrogens (tertiary/aromatic N) is 6. The Morgan fingerprint density at radius 3 is 2.56 bits per heavy atom. The standard InChI is InChI=1S/C26H21N7O/c1-16-12-24(32-25-20(16)10-7-11-22(25)34-3)33-26(19(14-27)15-28-33)31-23-13-21(29-17(2)30-23)18-8-5-4-6-9-18/h4-13,15H,1-3H3,(H,29,30,31). The van der Waals surface area contributed by atoms with Gasteiger partial charge in [0, 0.05) is 17.0 Å². The Balaban J connectivity index is 1.62. The Morgan fingerprint density at radius 2 is 1.79 bits per heavy atom. The Kier molecular flexibility index (Phi) is 5.36. The van der Waals surface area contributed by atoms with E-state index in [4.69, 9.17) is 9.72 Å². The number of aromatic nitrogens is 5. The second kappa shape index (κ2) is 8.64. The van der Waals surface area contributed by atoms with Crippen LogP contribution in [0, 0.1) is 25.2 Å². The van der Waals surface area contributed by atoms with Crippen molar-refractivity contribution in [2.24, 2.45) is 0 Å². The van der Waals surface area contributed by atoms with Crippen LogP contribution in [-0.4, -0.2) is 31.8 Å². The number of nitriles is 1. The van der Waals surface area contributed by atoms with E-state index in [1.54, 1.807) is 11.8 Å². The molecule has 0 spiro atoms. The van der Waals surface area contributed by atoms with E-state index >= 15 is 0 Å². The van der Waals surface area contributed by atoms with E-state index in [1.165, 1.54) is 6.20 Å². The van der Waals surface area contributed by atoms with Gasteiger partial charge >= 0.3 is 0 Å². The van der Waals surface area contributed by atoms with E-state index in [9.17, 15) is 5.26 Å². The molecule has 2 aromatic carbocycles. The molecule has 8 heteroatoms. The minimum absolute atomic E-state index is 0.372. The van der Waals surface area contributed by atoms with Crippen molar-refractivity contribution in [2.45, 2.75) is 13.8 Å². The lowest BCUT2D eigenvalue weighted by molar-refractivity contribution is 0.419. The summed E-state index contributed by atoms with van der Waals surface area (Å²) in [4.78, 5) is 13.9. The molecule has 8 nitrogen and oxygen atoms in total. The highest BCUT2D eigenvalue weighted by Gasteiger charge is 2.17. The van der Waals surface area contributed by atoms with Crippen molar-refractivity contribution in [3.63, 3.8) is 0 Å². The molecule has 0 radical (unpaired) electrons. The third kappa shape index (κ3) is 3.80. The largest absolute Gasteiger partial charge is 0.494 e. The summed E-state index contributed by atoms with van der Waals surface area (Å²) < 4.78 is 7.13. The van der Waals surface area contributed by atoms with Crippen molar-refractivity contribution in [2.75, 3.05) is 12.4 Å². The molecule has 0 aliphatic carbocycles. The number of hydrogen-bond donors (Lipinski definition) is 1. The number of ether oxygens (including phenoxy) is 1. The number of pyridine rings is 1. The Morgan fingerprint density at radius 1 is 0.971 bits per heavy atom. The molecule has 3 heterocycles. The molecular weight excluding hydrogens is 426 g/mol. The van der Waals surface area contributed by atoms with Gasteiger partial charge in [-0.15, -0.1) is 0 Å². The average molecular weight is 448 g/mol. The van der Waals surface area contributed by atoms with Crippen LogP contribution in [0.4, 0.5) is 11.6 Å². The molecule has 0 unspecified atom stereocenters. The number of fused-ring (bicyclic) bond motifs is 1. The monoisotopic (exact) mass is 447 g/mol. The highest BCUT2D eigenvalue weighted by Crippen LogP contribution is 2.30. The summed E-state index contributed by atoms with van der Waals surface area (Å²) in [6.45, 7) is 3.84. The molecule has 3 aromatic heterocycles. The molecule has 5 aromatic rings. The summed E-state index contributed by atoms with van der Waals surface area (Å²) >= 11 is 0. The maximum absolute atomic E-state index is 9.74. The van der Waals surface area contributed by atoms with Gasteiger partial charge in [-0.1, -0.05) is 42.5 Å². The van der Waals surface area contributed by atoms with Gasteiger partial charge < -0.3 is 10.1 Å². The average Bonchev–Trinajstić information content (AvgIpc) is 3.26. The van der Waals surface area contributed by atoms with Crippen LogP contribution < -0.4 is 10.1 Å². The first-order valence-electron chi connectivity index (χ1n) is 10.7. The van der Waals surface area contributed by atoms with Gasteiger partial charge in [-0.3, -0.25) is 0 Å². The first-order chi connectivity index (χ1) is 16.6. The Labute approximate surface area is 196 Å². The fourth-order valence-corrected chi connectivity index (χ4v) is 3.88. The minimum Gasteiger partial charge on any atom is -0.494 e. The lowest BCUT2D eigenvalue weighted by Gasteiger charge is -2.13. The van der Waals surface area contributed by atoms with E-state index in [0.29, 0.717) is 34.6 Å². The van der Waals surface area contributed by atoms with Crippen LogP contribution in [0.2, 0.25) is 0 Å². The zero-order valence-corrected chi connectivity index (χ0v) is 18.9. The van der Waals surface area contributed by atoms with E-state index in [-0.39, 0.29) is 0 Å². The summed E-state index contributed by atoms with van der Waals surface area (Å²) in [6, 6.07) is 21.7. The maximum atomic E-state index is 9.74. The van der Waals surface area contributed by atoms with Crippen molar-refractivity contribution in [3.05, 3.63) is 83.8 Å². The molecule has 0 atom stereocenters. The second-order valence-corrected chi connectivity index (χ2v) is 7.76. The number of para-hydroxylation sites is 1. The fourth-order valence-electron chi connectivity index (χ4n) is 3.88. The van der Waals surface area contributed by atoms with E-state index < -0.39 is 0 Å². The number of benzene rings is 2. The number of nitrogens with one attached hydrogen (secondary N) is 1. The molecule has 0 saturated carbocycles. The van der Waals surface area contributed by atoms with E-state index in [0.717, 1.165) is 27.7 Å². The summed E-state index contributed by atoms with van der Waals surface area (Å²) in [5.74, 6) is 2.87. The van der Waals surface area contributed by atoms with E-state index in [2.05, 4.69) is 26.5 Å². The van der Waals surface area contributed by atoms with Crippen molar-refractivity contribution in [1.29, 1.82) is 5.26 Å². The zero-order chi connectivity index (χ0) is 23.7. The Bertz CT molecular complexity index is 1550. The number of aryl methyl sites for hydroxylation is 2. The number of anilines is 2. The number of methoxy groups -OCH3 is 1. The molecule has 5 rings (SSSR count). The van der Waals surface area contributed by atoms with Gasteiger partial charge in [-0.2, -0.15) is 15.0 Å². The predicted molar refractivity (Wildman–Crippen MR) is 130 cm³/mol. The van der Waals surface area contributed by atoms with Gasteiger partial charge in [0.2, 0.25) is 0 Å². The van der Waals surface area contributed by atoms with Crippen molar-refractivity contribution in [1.82, 2.24) is 24.7 Å². The molecule has 1 N–H and O–H groups in total. The van der Waals surface area contributed by atoms with Gasteiger partial charge in [0.25, 0.3) is 0 Å². The topological polar surface area (TPSA) is 102 Å². The summed E-state index contributed by atoms with van der Waals surface area (Å²) in [7, 11) is 1.62. The molecule has 0 aliphatic heterocycles. The molecule has 0 bridgehead atoms. The van der Waals surface area contributed by atoms with E-state index in [1.807, 2.05) is 74.5 Å². The van der Waals surface area contributed by atoms with Gasteiger partial charge in [-0.05, 0) is 31.5 Å². The van der Waals surface area contributed by atoms with Crippen LogP contribution in [-0.2, 0) is 0 Å². The van der Waals surface area contributed by atoms with Crippen molar-refractivity contribution >= 4 is 22.5 Å². The normalized spacial score (nSPS) is 10.8. The first kappa shape index (κ1) is 21.1. The molecule has 166 valence electrons. The van der Waals surface area contributed by atoms with Gasteiger partial charge in [0.1, 0.15) is 34.5 Å². The molecular formula is C26H21N7O. The van der Waals surface area contributed by atoms with Crippen LogP contribution in [0.1, 0.15) is 17.0 Å². The van der Waals surface area contributed by atoms with Crippen molar-refractivity contribution < 1.29 is 4.74 Å². The SMILES string of the molecule is COc1cccc2c(C)cc(-n3ncc(C#N)c3Nc3cc(-c4ccccc4)nc(C)n3)nc12. The van der Waals surface area contributed by atoms with Crippen LogP contribution in [0.15, 0.2) is 66.9 Å². The summed E-state index contributed by atoms with van der Waals surface area (Å²) in [5, 5.41) is 18.4. The lowest BCUT2D eigenvalue weighted by atomic mass is 10.1. The lowest BCUT2D eigenvalue weighted by Crippen LogP contribution is -2.08. The first-order valence-corrected chi connectivity index (χ1v) is 10.7. The van der Waals surface area contributed by atoms with Gasteiger partial charge in [0.05, 0.1) is 19.0 Å². The predicted octanol–water partition coefficient (Wildman–Crippen LogP) is 5.12. The second-order valence-electron chi connectivity index (χ2n) is 7.76. The van der Waals surface area contributed by atoms with Crippen molar-refractivity contribution in [3.8, 4) is 28.9 Å². The quantitative estimate of drug-likeness (QED) is 0.399. The summed E-state index contributed by atoms with van der Waals surface area (Å²) in [6.07, 6.45) is 1.51. The highest BCUT2D eigenvalue weighted by molar-refractivity contribution is 5.88. The highest BCUT2D eigenvalue weighted by atomic mass is 16.5.